The Morgan fingerprint density at radius 2 is 1.62 bits per heavy atom. The van der Waals surface area contributed by atoms with Crippen LogP contribution in [-0.4, -0.2) is 19.7 Å². The molecule has 0 aliphatic carbocycles. The van der Waals surface area contributed by atoms with Crippen LogP contribution in [0.1, 0.15) is 11.4 Å². The molecule has 0 amide bonds. The fraction of sp³-hybridized carbons (Fsp3) is 0.100. The minimum Gasteiger partial charge on any atom is -0.267 e. The molecule has 0 spiro atoms. The van der Waals surface area contributed by atoms with E-state index in [1.54, 1.807) is 24.5 Å². The molecule has 0 atom stereocenters. The first-order chi connectivity index (χ1) is 12.6. The molecule has 4 aromatic rings. The molecule has 0 aliphatic rings. The number of aromatic nitrogens is 4. The number of rotatable bonds is 3. The molecule has 5 nitrogen and oxygen atoms in total. The van der Waals surface area contributed by atoms with Crippen molar-refractivity contribution in [2.24, 2.45) is 0 Å². The maximum Gasteiger partial charge on any atom is 0.274 e. The van der Waals surface area contributed by atoms with Gasteiger partial charge in [-0.15, -0.1) is 0 Å². The average Bonchev–Trinajstić information content (AvgIpc) is 2.67. The molecular weight excluding hydrogens is 348 g/mol. The third-order valence-electron chi connectivity index (χ3n) is 4.17. The van der Waals surface area contributed by atoms with Crippen LogP contribution in [0, 0.1) is 6.92 Å². The lowest BCUT2D eigenvalue weighted by Crippen LogP contribution is -2.24. The number of nitrogens with zero attached hydrogens (tertiary/aromatic N) is 4. The highest BCUT2D eigenvalue weighted by atomic mass is 35.5. The summed E-state index contributed by atoms with van der Waals surface area (Å²) in [7, 11) is 0. The molecule has 0 saturated carbocycles. The minimum atomic E-state index is -0.132. The van der Waals surface area contributed by atoms with E-state index in [-0.39, 0.29) is 5.56 Å². The van der Waals surface area contributed by atoms with Crippen molar-refractivity contribution in [1.29, 1.82) is 0 Å². The largest absolute Gasteiger partial charge is 0.274 e. The lowest BCUT2D eigenvalue weighted by Gasteiger charge is -2.11. The molecule has 2 aromatic heterocycles. The number of hydrogen-bond acceptors (Lipinski definition) is 4. The summed E-state index contributed by atoms with van der Waals surface area (Å²) in [6.45, 7) is 2.19. The predicted molar refractivity (Wildman–Crippen MR) is 102 cm³/mol. The molecule has 0 aliphatic heterocycles. The quantitative estimate of drug-likeness (QED) is 0.555. The standard InChI is InChI=1S/C20H15ClN4O/c1-13-22-10-15(11-23-13)19-17-4-2-3-5-18(17)20(26)25(24-19)12-14-6-8-16(21)9-7-14/h2-11H,12H2,1H3. The van der Waals surface area contributed by atoms with Crippen molar-refractivity contribution in [3.05, 3.63) is 87.7 Å². The Bertz CT molecular complexity index is 1140. The van der Waals surface area contributed by atoms with Crippen LogP contribution in [0.2, 0.25) is 5.02 Å². The summed E-state index contributed by atoms with van der Waals surface area (Å²) in [6.07, 6.45) is 3.46. The topological polar surface area (TPSA) is 60.7 Å². The molecule has 0 radical (unpaired) electrons. The van der Waals surface area contributed by atoms with E-state index in [4.69, 9.17) is 11.6 Å². The van der Waals surface area contributed by atoms with Gasteiger partial charge in [0.25, 0.3) is 5.56 Å². The first-order valence-corrected chi connectivity index (χ1v) is 8.53. The normalized spacial score (nSPS) is 11.0. The van der Waals surface area contributed by atoms with Gasteiger partial charge in [0.15, 0.2) is 0 Å². The van der Waals surface area contributed by atoms with Crippen molar-refractivity contribution in [3.63, 3.8) is 0 Å². The zero-order valence-corrected chi connectivity index (χ0v) is 14.8. The zero-order valence-electron chi connectivity index (χ0n) is 14.1. The van der Waals surface area contributed by atoms with Crippen molar-refractivity contribution in [2.45, 2.75) is 13.5 Å². The van der Waals surface area contributed by atoms with Crippen LogP contribution in [0.3, 0.4) is 0 Å². The van der Waals surface area contributed by atoms with E-state index in [0.29, 0.717) is 28.5 Å². The first kappa shape index (κ1) is 16.4. The molecule has 0 N–H and O–H groups in total. The van der Waals surface area contributed by atoms with Crippen LogP contribution in [-0.2, 0) is 6.54 Å². The van der Waals surface area contributed by atoms with Crippen molar-refractivity contribution in [2.75, 3.05) is 0 Å². The number of hydrogen-bond donors (Lipinski definition) is 0. The Hall–Kier alpha value is -3.05. The summed E-state index contributed by atoms with van der Waals surface area (Å²) in [5, 5.41) is 6.67. The minimum absolute atomic E-state index is 0.132. The second kappa shape index (κ2) is 6.69. The van der Waals surface area contributed by atoms with Gasteiger partial charge in [-0.2, -0.15) is 5.10 Å². The van der Waals surface area contributed by atoms with Crippen molar-refractivity contribution >= 4 is 22.4 Å². The molecule has 2 heterocycles. The molecule has 26 heavy (non-hydrogen) atoms. The maximum absolute atomic E-state index is 12.9. The van der Waals surface area contributed by atoms with Crippen LogP contribution >= 0.6 is 11.6 Å². The summed E-state index contributed by atoms with van der Waals surface area (Å²) in [5.74, 6) is 0.688. The van der Waals surface area contributed by atoms with Crippen molar-refractivity contribution in [1.82, 2.24) is 19.7 Å². The van der Waals surface area contributed by atoms with E-state index in [9.17, 15) is 4.79 Å². The predicted octanol–water partition coefficient (Wildman–Crippen LogP) is 3.86. The number of fused-ring (bicyclic) bond motifs is 1. The summed E-state index contributed by atoms with van der Waals surface area (Å²) in [6, 6.07) is 14.8. The molecule has 4 rings (SSSR count). The number of halogens is 1. The highest BCUT2D eigenvalue weighted by Crippen LogP contribution is 2.23. The highest BCUT2D eigenvalue weighted by molar-refractivity contribution is 6.30. The van der Waals surface area contributed by atoms with Crippen LogP contribution in [0.5, 0.6) is 0 Å². The number of aryl methyl sites for hydroxylation is 1. The van der Waals surface area contributed by atoms with Gasteiger partial charge in [-0.25, -0.2) is 14.6 Å². The van der Waals surface area contributed by atoms with Crippen LogP contribution < -0.4 is 5.56 Å². The lowest BCUT2D eigenvalue weighted by atomic mass is 10.1. The second-order valence-corrected chi connectivity index (χ2v) is 6.44. The fourth-order valence-electron chi connectivity index (χ4n) is 2.83. The lowest BCUT2D eigenvalue weighted by molar-refractivity contribution is 0.650. The first-order valence-electron chi connectivity index (χ1n) is 8.15. The van der Waals surface area contributed by atoms with Crippen LogP contribution in [0.15, 0.2) is 65.7 Å². The van der Waals surface area contributed by atoms with E-state index in [1.807, 2.05) is 43.3 Å². The summed E-state index contributed by atoms with van der Waals surface area (Å²) in [5.41, 5.74) is 2.28. The Kier molecular flexibility index (Phi) is 4.22. The summed E-state index contributed by atoms with van der Waals surface area (Å²) in [4.78, 5) is 21.4. The van der Waals surface area contributed by atoms with Gasteiger partial charge in [0.05, 0.1) is 11.9 Å². The molecule has 6 heteroatoms. The fourth-order valence-corrected chi connectivity index (χ4v) is 2.96. The maximum atomic E-state index is 12.9. The molecule has 0 unspecified atom stereocenters. The second-order valence-electron chi connectivity index (χ2n) is 6.00. The van der Waals surface area contributed by atoms with E-state index in [0.717, 1.165) is 16.5 Å². The Balaban J connectivity index is 1.90. The smallest absolute Gasteiger partial charge is 0.267 e. The third kappa shape index (κ3) is 3.09. The van der Waals surface area contributed by atoms with Crippen LogP contribution in [0.4, 0.5) is 0 Å². The summed E-state index contributed by atoms with van der Waals surface area (Å²) >= 11 is 5.94. The van der Waals surface area contributed by atoms with Gasteiger partial charge < -0.3 is 0 Å². The van der Waals surface area contributed by atoms with Gasteiger partial charge in [-0.1, -0.05) is 41.9 Å². The van der Waals surface area contributed by atoms with E-state index in [1.165, 1.54) is 4.68 Å². The van der Waals surface area contributed by atoms with Gasteiger partial charge in [-0.05, 0) is 30.7 Å². The zero-order chi connectivity index (χ0) is 18.1. The average molecular weight is 363 g/mol. The molecule has 2 aromatic carbocycles. The van der Waals surface area contributed by atoms with Gasteiger partial charge in [-0.3, -0.25) is 4.79 Å². The monoisotopic (exact) mass is 362 g/mol. The Morgan fingerprint density at radius 1 is 0.962 bits per heavy atom. The Labute approximate surface area is 154 Å². The van der Waals surface area contributed by atoms with Crippen LogP contribution in [0.25, 0.3) is 22.0 Å². The van der Waals surface area contributed by atoms with Gasteiger partial charge in [0.2, 0.25) is 0 Å². The number of benzene rings is 2. The van der Waals surface area contributed by atoms with E-state index in [2.05, 4.69) is 15.1 Å². The van der Waals surface area contributed by atoms with Gasteiger partial charge in [0.1, 0.15) is 11.5 Å². The van der Waals surface area contributed by atoms with E-state index >= 15 is 0 Å². The molecule has 0 fully saturated rings. The third-order valence-corrected chi connectivity index (χ3v) is 4.42. The van der Waals surface area contributed by atoms with Gasteiger partial charge >= 0.3 is 0 Å². The molecule has 128 valence electrons. The molecule has 0 bridgehead atoms. The SMILES string of the molecule is Cc1ncc(-c2nn(Cc3ccc(Cl)cc3)c(=O)c3ccccc23)cn1. The highest BCUT2D eigenvalue weighted by Gasteiger charge is 2.13. The Morgan fingerprint density at radius 3 is 2.31 bits per heavy atom. The van der Waals surface area contributed by atoms with Gasteiger partial charge in [0, 0.05) is 28.4 Å². The molecule has 0 saturated heterocycles. The van der Waals surface area contributed by atoms with Crippen molar-refractivity contribution < 1.29 is 0 Å². The van der Waals surface area contributed by atoms with Crippen molar-refractivity contribution in [3.8, 4) is 11.3 Å². The summed E-state index contributed by atoms with van der Waals surface area (Å²) < 4.78 is 1.47. The van der Waals surface area contributed by atoms with E-state index < -0.39 is 0 Å². The molecular formula is C20H15ClN4O.